The summed E-state index contributed by atoms with van der Waals surface area (Å²) in [5, 5.41) is 16.7. The average molecular weight is 254 g/mol. The molecular formula is C12H22N4O2. The zero-order chi connectivity index (χ0) is 13.9. The van der Waals surface area contributed by atoms with Crippen LogP contribution in [0.4, 0.5) is 0 Å². The van der Waals surface area contributed by atoms with Gasteiger partial charge in [0.2, 0.25) is 0 Å². The van der Waals surface area contributed by atoms with Crippen LogP contribution in [0, 0.1) is 13.8 Å². The summed E-state index contributed by atoms with van der Waals surface area (Å²) in [6.45, 7) is 9.81. The SMILES string of the molecule is Cc1nc(C)n(CCC(C)(NC(C)C)C(=O)O)n1. The van der Waals surface area contributed by atoms with Gasteiger partial charge in [0.1, 0.15) is 17.2 Å². The maximum Gasteiger partial charge on any atom is 0.323 e. The van der Waals surface area contributed by atoms with Crippen LogP contribution in [0.1, 0.15) is 38.8 Å². The van der Waals surface area contributed by atoms with Crippen molar-refractivity contribution in [2.45, 2.75) is 59.2 Å². The fraction of sp³-hybridized carbons (Fsp3) is 0.750. The lowest BCUT2D eigenvalue weighted by molar-refractivity contribution is -0.144. The molecule has 1 rings (SSSR count). The van der Waals surface area contributed by atoms with Gasteiger partial charge in [0.15, 0.2) is 0 Å². The summed E-state index contributed by atoms with van der Waals surface area (Å²) in [6.07, 6.45) is 0.462. The average Bonchev–Trinajstić information content (AvgIpc) is 2.53. The van der Waals surface area contributed by atoms with Gasteiger partial charge in [-0.15, -0.1) is 0 Å². The number of aromatic nitrogens is 3. The molecule has 0 spiro atoms. The van der Waals surface area contributed by atoms with Gasteiger partial charge < -0.3 is 5.11 Å². The van der Waals surface area contributed by atoms with E-state index in [9.17, 15) is 9.90 Å². The van der Waals surface area contributed by atoms with Gasteiger partial charge >= 0.3 is 5.97 Å². The molecule has 102 valence electrons. The third kappa shape index (κ3) is 3.53. The normalized spacial score (nSPS) is 14.8. The lowest BCUT2D eigenvalue weighted by Gasteiger charge is -2.28. The van der Waals surface area contributed by atoms with Gasteiger partial charge in [-0.2, -0.15) is 5.10 Å². The molecule has 0 bridgehead atoms. The first-order valence-electron chi connectivity index (χ1n) is 6.14. The number of carbonyl (C=O) groups is 1. The summed E-state index contributed by atoms with van der Waals surface area (Å²) in [6, 6.07) is 0.115. The lowest BCUT2D eigenvalue weighted by Crippen LogP contribution is -2.52. The fourth-order valence-corrected chi connectivity index (χ4v) is 1.98. The Hall–Kier alpha value is -1.43. The van der Waals surface area contributed by atoms with Crippen molar-refractivity contribution in [1.82, 2.24) is 20.1 Å². The Morgan fingerprint density at radius 3 is 2.50 bits per heavy atom. The molecule has 0 saturated carbocycles. The predicted molar refractivity (Wildman–Crippen MR) is 68.4 cm³/mol. The topological polar surface area (TPSA) is 80.0 Å². The molecule has 1 heterocycles. The highest BCUT2D eigenvalue weighted by atomic mass is 16.4. The molecule has 2 N–H and O–H groups in total. The van der Waals surface area contributed by atoms with Crippen LogP contribution in [0.2, 0.25) is 0 Å². The Morgan fingerprint density at radius 1 is 1.50 bits per heavy atom. The number of nitrogens with zero attached hydrogens (tertiary/aromatic N) is 3. The molecule has 0 aliphatic carbocycles. The highest BCUT2D eigenvalue weighted by Gasteiger charge is 2.33. The third-order valence-corrected chi connectivity index (χ3v) is 2.87. The summed E-state index contributed by atoms with van der Waals surface area (Å²) >= 11 is 0. The van der Waals surface area contributed by atoms with E-state index in [4.69, 9.17) is 0 Å². The second-order valence-corrected chi connectivity index (χ2v) is 5.12. The van der Waals surface area contributed by atoms with Gasteiger partial charge in [0.05, 0.1) is 0 Å². The van der Waals surface area contributed by atoms with Crippen molar-refractivity contribution < 1.29 is 9.90 Å². The van der Waals surface area contributed by atoms with Crippen molar-refractivity contribution in [3.63, 3.8) is 0 Å². The molecule has 0 amide bonds. The zero-order valence-corrected chi connectivity index (χ0v) is 11.7. The van der Waals surface area contributed by atoms with Crippen LogP contribution in [0.25, 0.3) is 0 Å². The van der Waals surface area contributed by atoms with Crippen LogP contribution in [0.5, 0.6) is 0 Å². The number of hydrogen-bond donors (Lipinski definition) is 2. The molecule has 18 heavy (non-hydrogen) atoms. The highest BCUT2D eigenvalue weighted by molar-refractivity contribution is 5.78. The molecule has 1 aromatic rings. The maximum absolute atomic E-state index is 11.4. The minimum Gasteiger partial charge on any atom is -0.480 e. The smallest absolute Gasteiger partial charge is 0.323 e. The Labute approximate surface area is 107 Å². The van der Waals surface area contributed by atoms with Crippen molar-refractivity contribution >= 4 is 5.97 Å². The molecule has 0 radical (unpaired) electrons. The molecule has 6 heteroatoms. The highest BCUT2D eigenvalue weighted by Crippen LogP contribution is 2.13. The molecule has 0 aliphatic heterocycles. The van der Waals surface area contributed by atoms with E-state index in [0.717, 1.165) is 5.82 Å². The van der Waals surface area contributed by atoms with Gasteiger partial charge in [-0.25, -0.2) is 4.98 Å². The number of hydrogen-bond acceptors (Lipinski definition) is 4. The summed E-state index contributed by atoms with van der Waals surface area (Å²) in [7, 11) is 0. The quantitative estimate of drug-likeness (QED) is 0.795. The minimum absolute atomic E-state index is 0.115. The monoisotopic (exact) mass is 254 g/mol. The van der Waals surface area contributed by atoms with E-state index in [1.807, 2.05) is 27.7 Å². The molecule has 1 atom stereocenters. The molecule has 0 aromatic carbocycles. The second kappa shape index (κ2) is 5.48. The number of carboxylic acids is 1. The van der Waals surface area contributed by atoms with Crippen molar-refractivity contribution in [3.8, 4) is 0 Å². The van der Waals surface area contributed by atoms with Crippen molar-refractivity contribution in [2.75, 3.05) is 0 Å². The van der Waals surface area contributed by atoms with E-state index in [1.165, 1.54) is 0 Å². The molecule has 0 aliphatic rings. The van der Waals surface area contributed by atoms with Crippen molar-refractivity contribution in [2.24, 2.45) is 0 Å². The Balaban J connectivity index is 2.74. The summed E-state index contributed by atoms with van der Waals surface area (Å²) in [5.41, 5.74) is -0.944. The van der Waals surface area contributed by atoms with Crippen LogP contribution in [-0.2, 0) is 11.3 Å². The van der Waals surface area contributed by atoms with E-state index < -0.39 is 11.5 Å². The summed E-state index contributed by atoms with van der Waals surface area (Å²) < 4.78 is 1.75. The molecule has 1 aromatic heterocycles. The van der Waals surface area contributed by atoms with Crippen LogP contribution < -0.4 is 5.32 Å². The van der Waals surface area contributed by atoms with Crippen LogP contribution in [0.15, 0.2) is 0 Å². The zero-order valence-electron chi connectivity index (χ0n) is 11.7. The Morgan fingerprint density at radius 2 is 2.11 bits per heavy atom. The lowest BCUT2D eigenvalue weighted by atomic mass is 9.97. The van der Waals surface area contributed by atoms with Gasteiger partial charge in [0, 0.05) is 12.6 Å². The van der Waals surface area contributed by atoms with Crippen LogP contribution in [0.3, 0.4) is 0 Å². The first-order valence-corrected chi connectivity index (χ1v) is 6.14. The van der Waals surface area contributed by atoms with Crippen LogP contribution >= 0.6 is 0 Å². The Kier molecular flexibility index (Phi) is 4.45. The largest absolute Gasteiger partial charge is 0.480 e. The van der Waals surface area contributed by atoms with Crippen molar-refractivity contribution in [1.29, 1.82) is 0 Å². The fourth-order valence-electron chi connectivity index (χ4n) is 1.98. The minimum atomic E-state index is -0.944. The predicted octanol–water partition coefficient (Wildman–Crippen LogP) is 1.13. The first-order chi connectivity index (χ1) is 8.24. The van der Waals surface area contributed by atoms with Crippen molar-refractivity contribution in [3.05, 3.63) is 11.6 Å². The standard InChI is InChI=1S/C12H22N4O2/c1-8(2)14-12(5,11(17)18)6-7-16-10(4)13-9(3)15-16/h8,14H,6-7H2,1-5H3,(H,17,18). The summed E-state index contributed by atoms with van der Waals surface area (Å²) in [4.78, 5) is 15.6. The maximum atomic E-state index is 11.4. The first kappa shape index (κ1) is 14.6. The van der Waals surface area contributed by atoms with Gasteiger partial charge in [-0.3, -0.25) is 14.8 Å². The molecule has 6 nitrogen and oxygen atoms in total. The second-order valence-electron chi connectivity index (χ2n) is 5.12. The van der Waals surface area contributed by atoms with Gasteiger partial charge in [0.25, 0.3) is 0 Å². The molecular weight excluding hydrogens is 232 g/mol. The number of aryl methyl sites for hydroxylation is 3. The molecule has 0 fully saturated rings. The summed E-state index contributed by atoms with van der Waals surface area (Å²) in [5.74, 6) is 0.678. The number of aliphatic carboxylic acids is 1. The number of nitrogens with one attached hydrogen (secondary N) is 1. The number of rotatable bonds is 6. The molecule has 0 saturated heterocycles. The molecule has 1 unspecified atom stereocenters. The number of carboxylic acid groups (broad SMARTS) is 1. The van der Waals surface area contributed by atoms with E-state index in [1.54, 1.807) is 11.6 Å². The van der Waals surface area contributed by atoms with Gasteiger partial charge in [-0.1, -0.05) is 0 Å². The van der Waals surface area contributed by atoms with E-state index in [2.05, 4.69) is 15.4 Å². The third-order valence-electron chi connectivity index (χ3n) is 2.87. The van der Waals surface area contributed by atoms with E-state index in [-0.39, 0.29) is 6.04 Å². The van der Waals surface area contributed by atoms with E-state index >= 15 is 0 Å². The van der Waals surface area contributed by atoms with Gasteiger partial charge in [-0.05, 0) is 41.0 Å². The van der Waals surface area contributed by atoms with Crippen LogP contribution in [-0.4, -0.2) is 37.4 Å². The Bertz CT molecular complexity index is 428. The van der Waals surface area contributed by atoms with E-state index in [0.29, 0.717) is 18.8 Å².